The molecule has 0 aromatic heterocycles. The zero-order chi connectivity index (χ0) is 2.71. The van der Waals surface area contributed by atoms with Gasteiger partial charge in [0.2, 0.25) is 0 Å². The molecule has 0 rings (SSSR count). The summed E-state index contributed by atoms with van der Waals surface area (Å²) in [6.45, 7) is 0. The van der Waals surface area contributed by atoms with Gasteiger partial charge in [0.15, 0.2) is 5.34 Å². The first-order chi connectivity index (χ1) is 1.41. The Labute approximate surface area is 107 Å². The van der Waals surface area contributed by atoms with Crippen LogP contribution in [0, 0.1) is 4.91 Å². The molecule has 7 heavy (non-hydrogen) atoms. The van der Waals surface area contributed by atoms with Crippen LogP contribution in [0.2, 0.25) is 0 Å². The molecule has 0 aliphatic rings. The van der Waals surface area contributed by atoms with Gasteiger partial charge in [0.1, 0.15) is 0 Å². The van der Waals surface area contributed by atoms with E-state index in [-0.39, 0.29) is 93.5 Å². The molecule has 0 bridgehead atoms. The molecule has 0 aromatic rings. The van der Waals surface area contributed by atoms with Gasteiger partial charge < -0.3 is 31.4 Å². The van der Waals surface area contributed by atoms with Gasteiger partial charge in [-0.2, -0.15) is 0 Å². The van der Waals surface area contributed by atoms with Gasteiger partial charge in [-0.1, -0.05) is 0 Å². The van der Waals surface area contributed by atoms with Crippen molar-refractivity contribution in [3.05, 3.63) is 4.91 Å². The third kappa shape index (κ3) is 64.0. The average Bonchev–Trinajstić information content (AvgIpc) is 0.918. The van der Waals surface area contributed by atoms with E-state index in [1.54, 1.807) is 0 Å². The molecule has 0 saturated carbocycles. The minimum absolute atomic E-state index is 0. The quantitative estimate of drug-likeness (QED) is 0.230. The van der Waals surface area contributed by atoms with E-state index in [1.165, 1.54) is 5.34 Å². The van der Waals surface area contributed by atoms with Crippen LogP contribution < -0.4 is 54.4 Å². The molecule has 0 amide bonds. The Bertz CT molecular complexity index is 27.5. The van der Waals surface area contributed by atoms with Crippen molar-refractivity contribution in [1.82, 2.24) is 0 Å². The van der Waals surface area contributed by atoms with Crippen LogP contribution in [0.5, 0.6) is 0 Å². The molecule has 36 valence electrons. The van der Waals surface area contributed by atoms with Gasteiger partial charge >= 0.3 is 67.3 Å². The summed E-state index contributed by atoms with van der Waals surface area (Å²) in [6.07, 6.45) is 0. The monoisotopic (exact) mass is 181 g/mol. The van der Waals surface area contributed by atoms with Crippen molar-refractivity contribution in [1.29, 1.82) is 0 Å². The molecular formula is H2CaCl2NNaO2. The molecule has 0 heterocycles. The second-order valence-electron chi connectivity index (χ2n) is 0.0816. The van der Waals surface area contributed by atoms with Gasteiger partial charge in [-0.05, 0) is 0 Å². The Hall–Kier alpha value is 2.24. The zero-order valence-electron chi connectivity index (χ0n) is 4.77. The van der Waals surface area contributed by atoms with Gasteiger partial charge in [0, 0.05) is 0 Å². The van der Waals surface area contributed by atoms with Crippen molar-refractivity contribution in [2.45, 2.75) is 0 Å². The Kier molecular flexibility index (Phi) is 205. The number of hydrogen-bond acceptors (Lipinski definition) is 2. The summed E-state index contributed by atoms with van der Waals surface area (Å²) in [5.41, 5.74) is 0. The minimum Gasteiger partial charge on any atom is -1.00 e. The largest absolute Gasteiger partial charge is 2.00 e. The summed E-state index contributed by atoms with van der Waals surface area (Å²) >= 11 is 0. The molecule has 1 N–H and O–H groups in total. The molecule has 0 aromatic carbocycles. The standard InChI is InChI=1S/Ca.2ClH.HNO2.Na.H/c;;;2-1-3;;/h;2*1H;(H,2,3);;/q+2;;;;+1;-1/p-2. The molecule has 0 saturated heterocycles. The first-order valence-corrected chi connectivity index (χ1v) is 0.383. The maximum atomic E-state index is 8.11. The van der Waals surface area contributed by atoms with E-state index in [0.717, 1.165) is 0 Å². The van der Waals surface area contributed by atoms with E-state index in [1.807, 2.05) is 0 Å². The number of hydrogen-bond donors (Lipinski definition) is 1. The van der Waals surface area contributed by atoms with Crippen LogP contribution in [0.4, 0.5) is 0 Å². The molecule has 0 radical (unpaired) electrons. The predicted octanol–water partition coefficient (Wildman–Crippen LogP) is -9.11. The predicted molar refractivity (Wildman–Crippen MR) is 14.4 cm³/mol. The van der Waals surface area contributed by atoms with E-state index in [4.69, 9.17) is 10.1 Å². The summed E-state index contributed by atoms with van der Waals surface area (Å²) in [7, 11) is 0. The molecule has 0 atom stereocenters. The Morgan fingerprint density at radius 3 is 1.43 bits per heavy atom. The minimum atomic E-state index is 0. The topological polar surface area (TPSA) is 49.7 Å². The van der Waals surface area contributed by atoms with Crippen LogP contribution in [0.15, 0.2) is 5.34 Å². The van der Waals surface area contributed by atoms with Crippen molar-refractivity contribution < 1.29 is 61.0 Å². The van der Waals surface area contributed by atoms with Gasteiger partial charge in [-0.25, -0.2) is 0 Å². The summed E-state index contributed by atoms with van der Waals surface area (Å²) < 4.78 is 0. The van der Waals surface area contributed by atoms with E-state index >= 15 is 0 Å². The number of rotatable bonds is 0. The fourth-order valence-corrected chi connectivity index (χ4v) is 0. The van der Waals surface area contributed by atoms with Crippen molar-refractivity contribution >= 4 is 37.7 Å². The number of halogens is 2. The fourth-order valence-electron chi connectivity index (χ4n) is 0. The van der Waals surface area contributed by atoms with Crippen LogP contribution in [-0.2, 0) is 0 Å². The second-order valence-corrected chi connectivity index (χ2v) is 0.0816. The maximum absolute atomic E-state index is 8.11. The van der Waals surface area contributed by atoms with Crippen molar-refractivity contribution in [2.24, 2.45) is 5.34 Å². The normalized spacial score (nSPS) is 1.71. The first-order valence-electron chi connectivity index (χ1n) is 0.383. The van der Waals surface area contributed by atoms with Gasteiger partial charge in [-0.15, -0.1) is 4.91 Å². The molecule has 3 nitrogen and oxygen atoms in total. The molecule has 0 unspecified atom stereocenters. The molecule has 0 spiro atoms. The summed E-state index contributed by atoms with van der Waals surface area (Å²) in [4.78, 5) is 8.11. The molecular weight excluding hydrogens is 180 g/mol. The summed E-state index contributed by atoms with van der Waals surface area (Å²) in [6, 6.07) is 0. The Balaban J connectivity index is -0.00000000200. The second kappa shape index (κ2) is 41.1. The van der Waals surface area contributed by atoms with E-state index in [2.05, 4.69) is 0 Å². The molecule has 0 aliphatic heterocycles. The maximum Gasteiger partial charge on any atom is 2.00 e. The van der Waals surface area contributed by atoms with Crippen molar-refractivity contribution in [3.63, 3.8) is 0 Å². The SMILES string of the molecule is O=NO.[Ca+2].[Cl-].[Cl-].[H-].[Na+]. The summed E-state index contributed by atoms with van der Waals surface area (Å²) in [5, 5.41) is 7.89. The van der Waals surface area contributed by atoms with Gasteiger partial charge in [-0.3, -0.25) is 0 Å². The van der Waals surface area contributed by atoms with Crippen LogP contribution in [0.25, 0.3) is 0 Å². The van der Waals surface area contributed by atoms with Crippen LogP contribution in [-0.4, -0.2) is 42.9 Å². The Morgan fingerprint density at radius 2 is 1.43 bits per heavy atom. The third-order valence-electron chi connectivity index (χ3n) is 0. The van der Waals surface area contributed by atoms with Gasteiger partial charge in [0.05, 0.1) is 0 Å². The molecule has 0 fully saturated rings. The van der Waals surface area contributed by atoms with Crippen LogP contribution >= 0.6 is 0 Å². The van der Waals surface area contributed by atoms with Crippen LogP contribution in [0.1, 0.15) is 1.43 Å². The molecule has 7 heteroatoms. The van der Waals surface area contributed by atoms with E-state index in [9.17, 15) is 0 Å². The smallest absolute Gasteiger partial charge is 1.00 e. The van der Waals surface area contributed by atoms with Crippen molar-refractivity contribution in [3.8, 4) is 0 Å². The zero-order valence-corrected chi connectivity index (χ0v) is 9.49. The summed E-state index contributed by atoms with van der Waals surface area (Å²) in [5.74, 6) is 0. The number of nitrogens with zero attached hydrogens (tertiary/aromatic N) is 1. The van der Waals surface area contributed by atoms with E-state index in [0.29, 0.717) is 0 Å². The average molecular weight is 182 g/mol. The fraction of sp³-hybridized carbons (Fsp3) is 0. The van der Waals surface area contributed by atoms with Gasteiger partial charge in [0.25, 0.3) is 0 Å². The Morgan fingerprint density at radius 1 is 1.43 bits per heavy atom. The van der Waals surface area contributed by atoms with E-state index < -0.39 is 0 Å². The molecule has 0 aliphatic carbocycles. The van der Waals surface area contributed by atoms with Crippen molar-refractivity contribution in [2.75, 3.05) is 0 Å². The van der Waals surface area contributed by atoms with Crippen LogP contribution in [0.3, 0.4) is 0 Å². The third-order valence-corrected chi connectivity index (χ3v) is 0. The first kappa shape index (κ1) is 34.9.